The summed E-state index contributed by atoms with van der Waals surface area (Å²) < 4.78 is 5.42. The highest BCUT2D eigenvalue weighted by atomic mass is 35.5. The van der Waals surface area contributed by atoms with E-state index in [1.54, 1.807) is 6.07 Å². The highest BCUT2D eigenvalue weighted by Gasteiger charge is 2.12. The molecule has 3 aromatic carbocycles. The van der Waals surface area contributed by atoms with Gasteiger partial charge in [0.05, 0.1) is 0 Å². The SMILES string of the molecule is C[C@@H](NCc1cc(=O)oc2ccc3ccccc3c12)c1ccccc1Cl. The lowest BCUT2D eigenvalue weighted by molar-refractivity contribution is 0.548. The Morgan fingerprint density at radius 2 is 1.81 bits per heavy atom. The predicted molar refractivity (Wildman–Crippen MR) is 107 cm³/mol. The molecule has 0 fully saturated rings. The average Bonchev–Trinajstić information content (AvgIpc) is 2.65. The summed E-state index contributed by atoms with van der Waals surface area (Å²) in [5.74, 6) is 0. The lowest BCUT2D eigenvalue weighted by Crippen LogP contribution is -2.19. The maximum atomic E-state index is 12.0. The fourth-order valence-corrected chi connectivity index (χ4v) is 3.66. The Kier molecular flexibility index (Phi) is 4.49. The van der Waals surface area contributed by atoms with Crippen molar-refractivity contribution in [3.05, 3.63) is 93.3 Å². The molecule has 0 radical (unpaired) electrons. The predicted octanol–water partition coefficient (Wildman–Crippen LogP) is 5.45. The quantitative estimate of drug-likeness (QED) is 0.387. The van der Waals surface area contributed by atoms with Crippen LogP contribution in [0.5, 0.6) is 0 Å². The van der Waals surface area contributed by atoms with Crippen molar-refractivity contribution in [2.24, 2.45) is 0 Å². The van der Waals surface area contributed by atoms with E-state index < -0.39 is 0 Å². The number of fused-ring (bicyclic) bond motifs is 3. The van der Waals surface area contributed by atoms with Gasteiger partial charge in [0.25, 0.3) is 0 Å². The minimum absolute atomic E-state index is 0.0565. The zero-order valence-corrected chi connectivity index (χ0v) is 15.1. The van der Waals surface area contributed by atoms with Crippen LogP contribution in [-0.4, -0.2) is 0 Å². The summed E-state index contributed by atoms with van der Waals surface area (Å²) >= 11 is 6.29. The van der Waals surface area contributed by atoms with Gasteiger partial charge < -0.3 is 9.73 Å². The van der Waals surface area contributed by atoms with Crippen LogP contribution in [0.25, 0.3) is 21.7 Å². The van der Waals surface area contributed by atoms with Crippen molar-refractivity contribution in [2.45, 2.75) is 19.5 Å². The van der Waals surface area contributed by atoms with E-state index in [4.69, 9.17) is 16.0 Å². The van der Waals surface area contributed by atoms with E-state index in [0.29, 0.717) is 12.1 Å². The van der Waals surface area contributed by atoms with Gasteiger partial charge in [0.2, 0.25) is 0 Å². The molecule has 1 N–H and O–H groups in total. The van der Waals surface area contributed by atoms with Crippen molar-refractivity contribution >= 4 is 33.3 Å². The molecule has 4 rings (SSSR count). The molecular weight excluding hydrogens is 346 g/mol. The summed E-state index contributed by atoms with van der Waals surface area (Å²) in [6.45, 7) is 2.61. The Bertz CT molecular complexity index is 1150. The molecule has 1 heterocycles. The van der Waals surface area contributed by atoms with Crippen LogP contribution < -0.4 is 10.9 Å². The molecule has 0 amide bonds. The van der Waals surface area contributed by atoms with E-state index in [2.05, 4.69) is 24.4 Å². The number of benzene rings is 3. The first-order chi connectivity index (χ1) is 12.6. The van der Waals surface area contributed by atoms with Crippen molar-refractivity contribution in [3.63, 3.8) is 0 Å². The molecular formula is C22H18ClNO2. The lowest BCUT2D eigenvalue weighted by atomic mass is 10.0. The fourth-order valence-electron chi connectivity index (χ4n) is 3.36. The van der Waals surface area contributed by atoms with Crippen LogP contribution in [0.4, 0.5) is 0 Å². The summed E-state index contributed by atoms with van der Waals surface area (Å²) in [7, 11) is 0. The Morgan fingerprint density at radius 1 is 1.04 bits per heavy atom. The van der Waals surface area contributed by atoms with E-state index >= 15 is 0 Å². The molecule has 1 aromatic heterocycles. The van der Waals surface area contributed by atoms with E-state index in [9.17, 15) is 4.79 Å². The zero-order chi connectivity index (χ0) is 18.1. The number of hydrogen-bond acceptors (Lipinski definition) is 3. The number of halogens is 1. The number of nitrogens with one attached hydrogen (secondary N) is 1. The molecule has 26 heavy (non-hydrogen) atoms. The molecule has 130 valence electrons. The number of rotatable bonds is 4. The van der Waals surface area contributed by atoms with Crippen molar-refractivity contribution < 1.29 is 4.42 Å². The molecule has 1 atom stereocenters. The lowest BCUT2D eigenvalue weighted by Gasteiger charge is -2.16. The van der Waals surface area contributed by atoms with Gasteiger partial charge in [-0.05, 0) is 41.0 Å². The second-order valence-corrected chi connectivity index (χ2v) is 6.78. The third kappa shape index (κ3) is 3.12. The van der Waals surface area contributed by atoms with Crippen LogP contribution >= 0.6 is 11.6 Å². The van der Waals surface area contributed by atoms with Gasteiger partial charge in [-0.2, -0.15) is 0 Å². The maximum absolute atomic E-state index is 12.0. The van der Waals surface area contributed by atoms with Gasteiger partial charge in [0.15, 0.2) is 0 Å². The molecule has 4 heteroatoms. The van der Waals surface area contributed by atoms with E-state index in [0.717, 1.165) is 32.3 Å². The first kappa shape index (κ1) is 16.8. The van der Waals surface area contributed by atoms with E-state index in [1.807, 2.05) is 48.5 Å². The third-order valence-electron chi connectivity index (χ3n) is 4.68. The van der Waals surface area contributed by atoms with Crippen molar-refractivity contribution in [1.29, 1.82) is 0 Å². The summed E-state index contributed by atoms with van der Waals surface area (Å²) in [4.78, 5) is 12.0. The molecule has 0 aliphatic rings. The normalized spacial score (nSPS) is 12.5. The van der Waals surface area contributed by atoms with Crippen molar-refractivity contribution in [3.8, 4) is 0 Å². The average molecular weight is 364 g/mol. The summed E-state index contributed by atoms with van der Waals surface area (Å²) in [5.41, 5.74) is 2.23. The molecule has 0 saturated carbocycles. The van der Waals surface area contributed by atoms with Gasteiger partial charge in [-0.25, -0.2) is 4.79 Å². The van der Waals surface area contributed by atoms with E-state index in [1.165, 1.54) is 0 Å². The maximum Gasteiger partial charge on any atom is 0.336 e. The molecule has 0 saturated heterocycles. The first-order valence-corrected chi connectivity index (χ1v) is 8.93. The van der Waals surface area contributed by atoms with E-state index in [-0.39, 0.29) is 11.7 Å². The molecule has 0 aliphatic heterocycles. The Hall–Kier alpha value is -2.62. The highest BCUT2D eigenvalue weighted by Crippen LogP contribution is 2.28. The third-order valence-corrected chi connectivity index (χ3v) is 5.03. The van der Waals surface area contributed by atoms with Crippen LogP contribution in [-0.2, 0) is 6.54 Å². The minimum atomic E-state index is -0.338. The van der Waals surface area contributed by atoms with Crippen LogP contribution in [0.3, 0.4) is 0 Å². The van der Waals surface area contributed by atoms with Gasteiger partial charge in [-0.1, -0.05) is 60.1 Å². The number of hydrogen-bond donors (Lipinski definition) is 1. The van der Waals surface area contributed by atoms with Crippen LogP contribution in [0.2, 0.25) is 5.02 Å². The van der Waals surface area contributed by atoms with Crippen LogP contribution in [0.15, 0.2) is 75.9 Å². The van der Waals surface area contributed by atoms with Gasteiger partial charge in [0, 0.05) is 29.1 Å². The van der Waals surface area contributed by atoms with Crippen LogP contribution in [0, 0.1) is 0 Å². The topological polar surface area (TPSA) is 42.2 Å². The van der Waals surface area contributed by atoms with Gasteiger partial charge in [-0.15, -0.1) is 0 Å². The summed E-state index contributed by atoms with van der Waals surface area (Å²) in [5, 5.41) is 7.38. The fraction of sp³-hybridized carbons (Fsp3) is 0.136. The molecule has 0 spiro atoms. The monoisotopic (exact) mass is 363 g/mol. The highest BCUT2D eigenvalue weighted by molar-refractivity contribution is 6.31. The molecule has 4 aromatic rings. The Balaban J connectivity index is 1.75. The summed E-state index contributed by atoms with van der Waals surface area (Å²) in [6, 6.07) is 21.4. The van der Waals surface area contributed by atoms with Gasteiger partial charge in [-0.3, -0.25) is 0 Å². The second-order valence-electron chi connectivity index (χ2n) is 6.37. The first-order valence-electron chi connectivity index (χ1n) is 8.56. The summed E-state index contributed by atoms with van der Waals surface area (Å²) in [6.07, 6.45) is 0. The van der Waals surface area contributed by atoms with Gasteiger partial charge in [0.1, 0.15) is 5.58 Å². The van der Waals surface area contributed by atoms with Crippen molar-refractivity contribution in [1.82, 2.24) is 5.32 Å². The Labute approximate surface area is 156 Å². The van der Waals surface area contributed by atoms with Crippen LogP contribution in [0.1, 0.15) is 24.1 Å². The molecule has 0 bridgehead atoms. The minimum Gasteiger partial charge on any atom is -0.423 e. The zero-order valence-electron chi connectivity index (χ0n) is 14.3. The molecule has 3 nitrogen and oxygen atoms in total. The molecule has 0 aliphatic carbocycles. The van der Waals surface area contributed by atoms with Crippen molar-refractivity contribution in [2.75, 3.05) is 0 Å². The largest absolute Gasteiger partial charge is 0.423 e. The molecule has 0 unspecified atom stereocenters. The smallest absolute Gasteiger partial charge is 0.336 e. The standard InChI is InChI=1S/C22H18ClNO2/c1-14(17-7-4-5-9-19(17)23)24-13-16-12-21(25)26-20-11-10-15-6-2-3-8-18(15)22(16)20/h2-12,14,24H,13H2,1H3/t14-/m1/s1. The van der Waals surface area contributed by atoms with Gasteiger partial charge >= 0.3 is 5.63 Å². The second kappa shape index (κ2) is 6.94. The Morgan fingerprint density at radius 3 is 2.65 bits per heavy atom.